The highest BCUT2D eigenvalue weighted by Crippen LogP contribution is 2.21. The summed E-state index contributed by atoms with van der Waals surface area (Å²) in [6.07, 6.45) is -0.203. The molecule has 0 aliphatic rings. The number of ether oxygens (including phenoxy) is 1. The number of ketones is 1. The summed E-state index contributed by atoms with van der Waals surface area (Å²) in [7, 11) is 0. The maximum absolute atomic E-state index is 12.3. The molecule has 5 nitrogen and oxygen atoms in total. The molecule has 0 saturated heterocycles. The SMILES string of the molecule is CCOC(=O)CC(=O)CSc1ccc(NC(=O)c2ccccc2C)cc1. The minimum atomic E-state index is -0.493. The van der Waals surface area contributed by atoms with Crippen LogP contribution in [0.5, 0.6) is 0 Å². The number of rotatable bonds is 8. The molecule has 1 amide bonds. The summed E-state index contributed by atoms with van der Waals surface area (Å²) in [5, 5.41) is 2.85. The van der Waals surface area contributed by atoms with Crippen molar-refractivity contribution in [3.05, 3.63) is 59.7 Å². The molecule has 2 rings (SSSR count). The highest BCUT2D eigenvalue weighted by Gasteiger charge is 2.11. The second-order valence-corrected chi connectivity index (χ2v) is 6.65. The fourth-order valence-electron chi connectivity index (χ4n) is 2.25. The first-order valence-electron chi connectivity index (χ1n) is 8.26. The highest BCUT2D eigenvalue weighted by molar-refractivity contribution is 8.00. The fraction of sp³-hybridized carbons (Fsp3) is 0.250. The van der Waals surface area contributed by atoms with Gasteiger partial charge < -0.3 is 10.1 Å². The molecular weight excluding hydrogens is 350 g/mol. The van der Waals surface area contributed by atoms with Crippen LogP contribution in [0.3, 0.4) is 0 Å². The summed E-state index contributed by atoms with van der Waals surface area (Å²) in [5.74, 6) is -0.626. The maximum atomic E-state index is 12.3. The molecule has 0 unspecified atom stereocenters. The van der Waals surface area contributed by atoms with Crippen LogP contribution in [0.25, 0.3) is 0 Å². The molecule has 0 radical (unpaired) electrons. The predicted octanol–water partition coefficient (Wildman–Crippen LogP) is 3.86. The van der Waals surface area contributed by atoms with Crippen LogP contribution in [0.4, 0.5) is 5.69 Å². The number of amides is 1. The van der Waals surface area contributed by atoms with Crippen LogP contribution < -0.4 is 5.32 Å². The minimum Gasteiger partial charge on any atom is -0.466 e. The van der Waals surface area contributed by atoms with Crippen molar-refractivity contribution in [3.8, 4) is 0 Å². The van der Waals surface area contributed by atoms with Gasteiger partial charge in [-0.05, 0) is 49.7 Å². The zero-order chi connectivity index (χ0) is 18.9. The number of nitrogens with one attached hydrogen (secondary N) is 1. The molecule has 0 saturated carbocycles. The number of hydrogen-bond donors (Lipinski definition) is 1. The third-order valence-electron chi connectivity index (χ3n) is 3.55. The zero-order valence-corrected chi connectivity index (χ0v) is 15.6. The van der Waals surface area contributed by atoms with Crippen LogP contribution in [0.15, 0.2) is 53.4 Å². The Balaban J connectivity index is 1.86. The topological polar surface area (TPSA) is 72.5 Å². The van der Waals surface area contributed by atoms with Gasteiger partial charge in [0.05, 0.1) is 12.4 Å². The van der Waals surface area contributed by atoms with Crippen molar-refractivity contribution >= 4 is 35.1 Å². The Morgan fingerprint density at radius 2 is 1.73 bits per heavy atom. The summed E-state index contributed by atoms with van der Waals surface area (Å²) < 4.78 is 4.75. The van der Waals surface area contributed by atoms with Crippen LogP contribution >= 0.6 is 11.8 Å². The van der Waals surface area contributed by atoms with E-state index in [1.165, 1.54) is 11.8 Å². The predicted molar refractivity (Wildman–Crippen MR) is 103 cm³/mol. The van der Waals surface area contributed by atoms with Crippen molar-refractivity contribution < 1.29 is 19.1 Å². The number of thioether (sulfide) groups is 1. The van der Waals surface area contributed by atoms with Gasteiger partial charge in [-0.25, -0.2) is 0 Å². The highest BCUT2D eigenvalue weighted by atomic mass is 32.2. The summed E-state index contributed by atoms with van der Waals surface area (Å²) in [5.41, 5.74) is 2.23. The number of carbonyl (C=O) groups excluding carboxylic acids is 3. The number of aryl methyl sites for hydroxylation is 1. The number of Topliss-reactive ketones (excluding diaryl/α,β-unsaturated/α-hetero) is 1. The second kappa shape index (κ2) is 9.77. The van der Waals surface area contributed by atoms with E-state index in [2.05, 4.69) is 5.32 Å². The second-order valence-electron chi connectivity index (χ2n) is 5.60. The van der Waals surface area contributed by atoms with Gasteiger partial charge in [-0.1, -0.05) is 18.2 Å². The zero-order valence-electron chi connectivity index (χ0n) is 14.8. The number of carbonyl (C=O) groups is 3. The van der Waals surface area contributed by atoms with Gasteiger partial charge in [-0.3, -0.25) is 14.4 Å². The van der Waals surface area contributed by atoms with E-state index in [9.17, 15) is 14.4 Å². The molecule has 6 heteroatoms. The average Bonchev–Trinajstić information content (AvgIpc) is 2.61. The van der Waals surface area contributed by atoms with Crippen LogP contribution in [-0.2, 0) is 14.3 Å². The molecular formula is C20H21NO4S. The smallest absolute Gasteiger partial charge is 0.313 e. The summed E-state index contributed by atoms with van der Waals surface area (Å²) >= 11 is 1.34. The molecule has 2 aromatic carbocycles. The molecule has 2 aromatic rings. The minimum absolute atomic E-state index is 0.159. The van der Waals surface area contributed by atoms with Crippen LogP contribution in [0.1, 0.15) is 29.3 Å². The van der Waals surface area contributed by atoms with E-state index in [0.29, 0.717) is 11.3 Å². The monoisotopic (exact) mass is 371 g/mol. The van der Waals surface area contributed by atoms with Crippen LogP contribution in [0.2, 0.25) is 0 Å². The summed E-state index contributed by atoms with van der Waals surface area (Å²) in [6, 6.07) is 14.6. The van der Waals surface area contributed by atoms with Gasteiger partial charge >= 0.3 is 5.97 Å². The molecule has 0 aliphatic heterocycles. The van der Waals surface area contributed by atoms with Gasteiger partial charge in [0, 0.05) is 16.1 Å². The Morgan fingerprint density at radius 3 is 2.38 bits per heavy atom. The standard InChI is InChI=1S/C20H21NO4S/c1-3-25-19(23)12-16(22)13-26-17-10-8-15(9-11-17)21-20(24)18-7-5-4-6-14(18)2/h4-11H,3,12-13H2,1-2H3,(H,21,24). The number of anilines is 1. The quantitative estimate of drug-likeness (QED) is 0.433. The van der Waals surface area contributed by atoms with Gasteiger partial charge in [-0.15, -0.1) is 11.8 Å². The Morgan fingerprint density at radius 1 is 1.04 bits per heavy atom. The normalized spacial score (nSPS) is 10.2. The van der Waals surface area contributed by atoms with Gasteiger partial charge in [0.1, 0.15) is 6.42 Å². The fourth-order valence-corrected chi connectivity index (χ4v) is 3.01. The van der Waals surface area contributed by atoms with Crippen molar-refractivity contribution in [3.63, 3.8) is 0 Å². The lowest BCUT2D eigenvalue weighted by atomic mass is 10.1. The van der Waals surface area contributed by atoms with E-state index in [4.69, 9.17) is 4.74 Å². The van der Waals surface area contributed by atoms with Crippen molar-refractivity contribution in [1.29, 1.82) is 0 Å². The van der Waals surface area contributed by atoms with Gasteiger partial charge in [0.2, 0.25) is 0 Å². The average molecular weight is 371 g/mol. The summed E-state index contributed by atoms with van der Waals surface area (Å²) in [4.78, 5) is 36.2. The molecule has 0 heterocycles. The lowest BCUT2D eigenvalue weighted by Crippen LogP contribution is -2.13. The number of esters is 1. The van der Waals surface area contributed by atoms with E-state index in [0.717, 1.165) is 10.5 Å². The van der Waals surface area contributed by atoms with E-state index in [1.54, 1.807) is 25.1 Å². The molecule has 0 aliphatic carbocycles. The Kier molecular flexibility index (Phi) is 7.41. The van der Waals surface area contributed by atoms with Crippen molar-refractivity contribution in [2.75, 3.05) is 17.7 Å². The third-order valence-corrected chi connectivity index (χ3v) is 4.62. The Bertz CT molecular complexity index is 787. The first-order valence-corrected chi connectivity index (χ1v) is 9.25. The molecule has 0 aromatic heterocycles. The molecule has 136 valence electrons. The Labute approximate surface area is 157 Å². The maximum Gasteiger partial charge on any atom is 0.313 e. The van der Waals surface area contributed by atoms with Crippen molar-refractivity contribution in [2.45, 2.75) is 25.2 Å². The van der Waals surface area contributed by atoms with E-state index < -0.39 is 5.97 Å². The van der Waals surface area contributed by atoms with Gasteiger partial charge in [0.25, 0.3) is 5.91 Å². The van der Waals surface area contributed by atoms with E-state index >= 15 is 0 Å². The molecule has 26 heavy (non-hydrogen) atoms. The number of benzene rings is 2. The van der Waals surface area contributed by atoms with E-state index in [1.807, 2.05) is 37.3 Å². The summed E-state index contributed by atoms with van der Waals surface area (Å²) in [6.45, 7) is 3.87. The van der Waals surface area contributed by atoms with Gasteiger partial charge in [0.15, 0.2) is 5.78 Å². The molecule has 0 bridgehead atoms. The van der Waals surface area contributed by atoms with Crippen molar-refractivity contribution in [2.24, 2.45) is 0 Å². The molecule has 0 spiro atoms. The lowest BCUT2D eigenvalue weighted by Gasteiger charge is -2.08. The Hall–Kier alpha value is -2.60. The molecule has 0 fully saturated rings. The van der Waals surface area contributed by atoms with Crippen LogP contribution in [0, 0.1) is 6.92 Å². The van der Waals surface area contributed by atoms with Crippen molar-refractivity contribution in [1.82, 2.24) is 0 Å². The first-order chi connectivity index (χ1) is 12.5. The first kappa shape index (κ1) is 19.7. The molecule has 0 atom stereocenters. The van der Waals surface area contributed by atoms with Gasteiger partial charge in [-0.2, -0.15) is 0 Å². The largest absolute Gasteiger partial charge is 0.466 e. The van der Waals surface area contributed by atoms with E-state index in [-0.39, 0.29) is 30.5 Å². The third kappa shape index (κ3) is 6.04. The van der Waals surface area contributed by atoms with Crippen LogP contribution in [-0.4, -0.2) is 30.0 Å². The number of hydrogen-bond acceptors (Lipinski definition) is 5. The lowest BCUT2D eigenvalue weighted by molar-refractivity contribution is -0.145. The molecule has 1 N–H and O–H groups in total.